The van der Waals surface area contributed by atoms with Gasteiger partial charge in [0.05, 0.1) is 0 Å². The zero-order valence-corrected chi connectivity index (χ0v) is 8.47. The molecule has 0 amide bonds. The van der Waals surface area contributed by atoms with Gasteiger partial charge in [-0.3, -0.25) is 0 Å². The molecule has 2 saturated carbocycles. The number of nitrogens with one attached hydrogen (secondary N) is 1. The number of hydrogen-bond acceptors (Lipinski definition) is 2. The van der Waals surface area contributed by atoms with Gasteiger partial charge in [0.25, 0.3) is 0 Å². The van der Waals surface area contributed by atoms with Gasteiger partial charge in [-0.1, -0.05) is 19.3 Å². The van der Waals surface area contributed by atoms with Crippen LogP contribution in [0.3, 0.4) is 0 Å². The van der Waals surface area contributed by atoms with Crippen LogP contribution in [0, 0.1) is 5.92 Å². The Kier molecular flexibility index (Phi) is 3.23. The fourth-order valence-corrected chi connectivity index (χ4v) is 2.49. The SMILES string of the molecule is NCC(NC1CC1)C1CCCCC1. The highest BCUT2D eigenvalue weighted by Gasteiger charge is 2.28. The fourth-order valence-electron chi connectivity index (χ4n) is 2.49. The highest BCUT2D eigenvalue weighted by molar-refractivity contribution is 4.89. The number of nitrogens with two attached hydrogens (primary N) is 1. The van der Waals surface area contributed by atoms with Crippen LogP contribution in [0.2, 0.25) is 0 Å². The first kappa shape index (κ1) is 9.47. The van der Waals surface area contributed by atoms with Crippen molar-refractivity contribution in [2.24, 2.45) is 11.7 Å². The largest absolute Gasteiger partial charge is 0.329 e. The summed E-state index contributed by atoms with van der Waals surface area (Å²) in [7, 11) is 0. The van der Waals surface area contributed by atoms with E-state index in [0.717, 1.165) is 18.5 Å². The van der Waals surface area contributed by atoms with Crippen molar-refractivity contribution in [1.82, 2.24) is 5.32 Å². The van der Waals surface area contributed by atoms with Gasteiger partial charge in [0.15, 0.2) is 0 Å². The summed E-state index contributed by atoms with van der Waals surface area (Å²) in [6.07, 6.45) is 9.86. The summed E-state index contributed by atoms with van der Waals surface area (Å²) in [5.74, 6) is 0.874. The summed E-state index contributed by atoms with van der Waals surface area (Å²) in [5, 5.41) is 3.69. The summed E-state index contributed by atoms with van der Waals surface area (Å²) in [5.41, 5.74) is 5.82. The van der Waals surface area contributed by atoms with Crippen LogP contribution in [0.15, 0.2) is 0 Å². The molecule has 2 nitrogen and oxygen atoms in total. The quantitative estimate of drug-likeness (QED) is 0.693. The lowest BCUT2D eigenvalue weighted by Gasteiger charge is -2.30. The third-order valence-electron chi connectivity index (χ3n) is 3.50. The molecule has 0 aromatic heterocycles. The van der Waals surface area contributed by atoms with Crippen molar-refractivity contribution in [1.29, 1.82) is 0 Å². The Balaban J connectivity index is 1.78. The molecule has 0 spiro atoms. The minimum Gasteiger partial charge on any atom is -0.329 e. The maximum atomic E-state index is 5.82. The van der Waals surface area contributed by atoms with E-state index in [1.807, 2.05) is 0 Å². The Morgan fingerprint density at radius 3 is 2.31 bits per heavy atom. The van der Waals surface area contributed by atoms with Crippen LogP contribution in [-0.4, -0.2) is 18.6 Å². The molecule has 0 aromatic rings. The van der Waals surface area contributed by atoms with Crippen molar-refractivity contribution in [2.45, 2.75) is 57.0 Å². The molecule has 0 aromatic carbocycles. The average molecular weight is 182 g/mol. The van der Waals surface area contributed by atoms with Gasteiger partial charge in [-0.25, -0.2) is 0 Å². The van der Waals surface area contributed by atoms with Crippen LogP contribution in [0.1, 0.15) is 44.9 Å². The van der Waals surface area contributed by atoms with Gasteiger partial charge in [-0.05, 0) is 31.6 Å². The fraction of sp³-hybridized carbons (Fsp3) is 1.00. The van der Waals surface area contributed by atoms with E-state index < -0.39 is 0 Å². The zero-order chi connectivity index (χ0) is 9.10. The Hall–Kier alpha value is -0.0800. The van der Waals surface area contributed by atoms with Crippen LogP contribution < -0.4 is 11.1 Å². The molecule has 0 aliphatic heterocycles. The van der Waals surface area contributed by atoms with Crippen molar-refractivity contribution in [2.75, 3.05) is 6.54 Å². The van der Waals surface area contributed by atoms with Crippen molar-refractivity contribution < 1.29 is 0 Å². The van der Waals surface area contributed by atoms with E-state index in [0.29, 0.717) is 6.04 Å². The first-order valence-corrected chi connectivity index (χ1v) is 5.86. The second kappa shape index (κ2) is 4.43. The lowest BCUT2D eigenvalue weighted by molar-refractivity contribution is 0.271. The molecule has 0 heterocycles. The van der Waals surface area contributed by atoms with Gasteiger partial charge in [0.1, 0.15) is 0 Å². The normalized spacial score (nSPS) is 27.5. The average Bonchev–Trinajstić information content (AvgIpc) is 2.99. The topological polar surface area (TPSA) is 38.0 Å². The summed E-state index contributed by atoms with van der Waals surface area (Å²) < 4.78 is 0. The predicted molar refractivity (Wildman–Crippen MR) is 55.6 cm³/mol. The smallest absolute Gasteiger partial charge is 0.0221 e. The van der Waals surface area contributed by atoms with E-state index in [1.54, 1.807) is 0 Å². The van der Waals surface area contributed by atoms with Gasteiger partial charge in [-0.2, -0.15) is 0 Å². The van der Waals surface area contributed by atoms with Crippen molar-refractivity contribution >= 4 is 0 Å². The van der Waals surface area contributed by atoms with Crippen LogP contribution >= 0.6 is 0 Å². The standard InChI is InChI=1S/C11H22N2/c12-8-11(13-10-6-7-10)9-4-2-1-3-5-9/h9-11,13H,1-8,12H2. The number of rotatable bonds is 4. The molecule has 2 fully saturated rings. The van der Waals surface area contributed by atoms with Gasteiger partial charge in [-0.15, -0.1) is 0 Å². The minimum atomic E-state index is 0.618. The second-order valence-corrected chi connectivity index (χ2v) is 4.68. The van der Waals surface area contributed by atoms with E-state index in [1.165, 1.54) is 44.9 Å². The minimum absolute atomic E-state index is 0.618. The molecule has 2 rings (SSSR count). The Morgan fingerprint density at radius 2 is 1.77 bits per heavy atom. The summed E-state index contributed by atoms with van der Waals surface area (Å²) in [4.78, 5) is 0. The number of hydrogen-bond donors (Lipinski definition) is 2. The molecule has 76 valence electrons. The third kappa shape index (κ3) is 2.68. The summed E-state index contributed by atoms with van der Waals surface area (Å²) in [6, 6.07) is 1.43. The van der Waals surface area contributed by atoms with Crippen molar-refractivity contribution in [3.05, 3.63) is 0 Å². The lowest BCUT2D eigenvalue weighted by atomic mass is 9.84. The van der Waals surface area contributed by atoms with Gasteiger partial charge < -0.3 is 11.1 Å². The molecule has 0 saturated heterocycles. The summed E-state index contributed by atoms with van der Waals surface area (Å²) >= 11 is 0. The molecule has 3 N–H and O–H groups in total. The van der Waals surface area contributed by atoms with E-state index >= 15 is 0 Å². The Morgan fingerprint density at radius 1 is 1.08 bits per heavy atom. The molecule has 2 aliphatic carbocycles. The Labute approximate surface area is 81.3 Å². The monoisotopic (exact) mass is 182 g/mol. The molecule has 13 heavy (non-hydrogen) atoms. The zero-order valence-electron chi connectivity index (χ0n) is 8.47. The second-order valence-electron chi connectivity index (χ2n) is 4.68. The molecule has 0 radical (unpaired) electrons. The molecule has 2 heteroatoms. The van der Waals surface area contributed by atoms with E-state index in [9.17, 15) is 0 Å². The van der Waals surface area contributed by atoms with E-state index in [2.05, 4.69) is 5.32 Å². The molecule has 1 atom stereocenters. The van der Waals surface area contributed by atoms with Crippen LogP contribution in [0.5, 0.6) is 0 Å². The van der Waals surface area contributed by atoms with E-state index in [-0.39, 0.29) is 0 Å². The van der Waals surface area contributed by atoms with Gasteiger partial charge >= 0.3 is 0 Å². The van der Waals surface area contributed by atoms with Crippen LogP contribution in [0.25, 0.3) is 0 Å². The predicted octanol–water partition coefficient (Wildman–Crippen LogP) is 1.65. The molecule has 2 aliphatic rings. The molecular weight excluding hydrogens is 160 g/mol. The van der Waals surface area contributed by atoms with Crippen LogP contribution in [0.4, 0.5) is 0 Å². The van der Waals surface area contributed by atoms with Crippen molar-refractivity contribution in [3.8, 4) is 0 Å². The van der Waals surface area contributed by atoms with Crippen LogP contribution in [-0.2, 0) is 0 Å². The first-order valence-electron chi connectivity index (χ1n) is 5.86. The third-order valence-corrected chi connectivity index (χ3v) is 3.50. The first-order chi connectivity index (χ1) is 6.40. The van der Waals surface area contributed by atoms with E-state index in [4.69, 9.17) is 5.73 Å². The van der Waals surface area contributed by atoms with Gasteiger partial charge in [0, 0.05) is 18.6 Å². The maximum absolute atomic E-state index is 5.82. The van der Waals surface area contributed by atoms with Gasteiger partial charge in [0.2, 0.25) is 0 Å². The lowest BCUT2D eigenvalue weighted by Crippen LogP contribution is -2.43. The highest BCUT2D eigenvalue weighted by atomic mass is 15.0. The Bertz CT molecular complexity index is 148. The summed E-state index contributed by atoms with van der Waals surface area (Å²) in [6.45, 7) is 0.834. The highest BCUT2D eigenvalue weighted by Crippen LogP contribution is 2.28. The maximum Gasteiger partial charge on any atom is 0.0221 e. The molecular formula is C11H22N2. The molecule has 0 bridgehead atoms. The van der Waals surface area contributed by atoms with Crippen molar-refractivity contribution in [3.63, 3.8) is 0 Å². The molecule has 1 unspecified atom stereocenters.